The highest BCUT2D eigenvalue weighted by Gasteiger charge is 2.24. The zero-order valence-electron chi connectivity index (χ0n) is 13.4. The van der Waals surface area contributed by atoms with Crippen LogP contribution in [0, 0.1) is 25.5 Å². The summed E-state index contributed by atoms with van der Waals surface area (Å²) in [6, 6.07) is 8.05. The van der Waals surface area contributed by atoms with Gasteiger partial charge in [-0.2, -0.15) is 0 Å². The molecule has 0 aliphatic rings. The fourth-order valence-electron chi connectivity index (χ4n) is 2.46. The highest BCUT2D eigenvalue weighted by Crippen LogP contribution is 2.29. The fraction of sp³-hybridized carbons (Fsp3) is 0.111. The second-order valence-electron chi connectivity index (χ2n) is 5.50. The maximum absolute atomic E-state index is 14.1. The van der Waals surface area contributed by atoms with Crippen molar-refractivity contribution in [3.63, 3.8) is 0 Å². The molecule has 25 heavy (non-hydrogen) atoms. The number of benzene rings is 2. The summed E-state index contributed by atoms with van der Waals surface area (Å²) in [5.41, 5.74) is 1.40. The van der Waals surface area contributed by atoms with E-state index in [2.05, 4.69) is 10.5 Å². The number of hydrogen-bond donors (Lipinski definition) is 1. The normalized spacial score (nSPS) is 10.8. The lowest BCUT2D eigenvalue weighted by atomic mass is 10.0. The Labute approximate surface area is 147 Å². The van der Waals surface area contributed by atoms with Gasteiger partial charge in [0.1, 0.15) is 28.7 Å². The van der Waals surface area contributed by atoms with E-state index in [1.807, 2.05) is 0 Å². The summed E-state index contributed by atoms with van der Waals surface area (Å²) in [6.45, 7) is 3.34. The first-order valence-electron chi connectivity index (χ1n) is 7.36. The highest BCUT2D eigenvalue weighted by molar-refractivity contribution is 6.30. The van der Waals surface area contributed by atoms with Gasteiger partial charge < -0.3 is 9.84 Å². The SMILES string of the molecule is Cc1cc(Cl)ccc1NC(=O)c1c(-c2ccc(F)cc2F)noc1C. The summed E-state index contributed by atoms with van der Waals surface area (Å²) >= 11 is 5.90. The van der Waals surface area contributed by atoms with E-state index in [1.165, 1.54) is 6.07 Å². The van der Waals surface area contributed by atoms with E-state index < -0.39 is 17.5 Å². The van der Waals surface area contributed by atoms with E-state index in [0.717, 1.165) is 17.7 Å². The minimum Gasteiger partial charge on any atom is -0.360 e. The van der Waals surface area contributed by atoms with Crippen LogP contribution in [0.5, 0.6) is 0 Å². The molecule has 2 aromatic carbocycles. The van der Waals surface area contributed by atoms with Crippen LogP contribution in [0.1, 0.15) is 21.7 Å². The lowest BCUT2D eigenvalue weighted by Gasteiger charge is -2.09. The number of carbonyl (C=O) groups excluding carboxylic acids is 1. The van der Waals surface area contributed by atoms with Gasteiger partial charge in [-0.3, -0.25) is 4.79 Å². The Morgan fingerprint density at radius 1 is 1.16 bits per heavy atom. The number of hydrogen-bond acceptors (Lipinski definition) is 3. The van der Waals surface area contributed by atoms with Crippen molar-refractivity contribution in [1.82, 2.24) is 5.16 Å². The van der Waals surface area contributed by atoms with Crippen molar-refractivity contribution in [1.29, 1.82) is 0 Å². The molecule has 0 saturated carbocycles. The maximum atomic E-state index is 14.1. The first kappa shape index (κ1) is 17.1. The van der Waals surface area contributed by atoms with Gasteiger partial charge in [0.05, 0.1) is 0 Å². The minimum absolute atomic E-state index is 0.0131. The summed E-state index contributed by atoms with van der Waals surface area (Å²) in [7, 11) is 0. The number of rotatable bonds is 3. The Kier molecular flexibility index (Phi) is 4.55. The van der Waals surface area contributed by atoms with Crippen LogP contribution in [0.2, 0.25) is 5.02 Å². The molecule has 4 nitrogen and oxygen atoms in total. The Balaban J connectivity index is 2.00. The summed E-state index contributed by atoms with van der Waals surface area (Å²) in [5, 5.41) is 7.03. The molecule has 0 fully saturated rings. The molecule has 1 heterocycles. The molecule has 1 amide bonds. The summed E-state index contributed by atoms with van der Waals surface area (Å²) in [5.74, 6) is -1.83. The zero-order chi connectivity index (χ0) is 18.1. The molecule has 0 spiro atoms. The number of nitrogens with one attached hydrogen (secondary N) is 1. The molecule has 0 bridgehead atoms. The van der Waals surface area contributed by atoms with Gasteiger partial charge in [0, 0.05) is 22.3 Å². The Morgan fingerprint density at radius 2 is 1.92 bits per heavy atom. The fourth-order valence-corrected chi connectivity index (χ4v) is 2.68. The molecule has 0 saturated heterocycles. The molecular weight excluding hydrogens is 350 g/mol. The monoisotopic (exact) mass is 362 g/mol. The predicted molar refractivity (Wildman–Crippen MR) is 90.7 cm³/mol. The first-order chi connectivity index (χ1) is 11.9. The number of nitrogens with zero attached hydrogens (tertiary/aromatic N) is 1. The molecule has 0 aliphatic carbocycles. The van der Waals surface area contributed by atoms with Gasteiger partial charge in [-0.05, 0) is 49.7 Å². The Morgan fingerprint density at radius 3 is 2.60 bits per heavy atom. The van der Waals surface area contributed by atoms with Gasteiger partial charge in [0.25, 0.3) is 5.91 Å². The van der Waals surface area contributed by atoms with Crippen LogP contribution < -0.4 is 5.32 Å². The molecule has 0 radical (unpaired) electrons. The van der Waals surface area contributed by atoms with Crippen molar-refractivity contribution < 1.29 is 18.1 Å². The van der Waals surface area contributed by atoms with E-state index >= 15 is 0 Å². The van der Waals surface area contributed by atoms with Crippen molar-refractivity contribution in [3.05, 3.63) is 69.9 Å². The van der Waals surface area contributed by atoms with Crippen molar-refractivity contribution in [2.45, 2.75) is 13.8 Å². The van der Waals surface area contributed by atoms with Crippen molar-refractivity contribution in [3.8, 4) is 11.3 Å². The minimum atomic E-state index is -0.829. The number of aromatic nitrogens is 1. The predicted octanol–water partition coefficient (Wildman–Crippen LogP) is 5.14. The third-order valence-electron chi connectivity index (χ3n) is 3.71. The van der Waals surface area contributed by atoms with Crippen LogP contribution in [0.3, 0.4) is 0 Å². The summed E-state index contributed by atoms with van der Waals surface area (Å²) in [6.07, 6.45) is 0. The lowest BCUT2D eigenvalue weighted by Crippen LogP contribution is -2.14. The highest BCUT2D eigenvalue weighted by atomic mass is 35.5. The van der Waals surface area contributed by atoms with E-state index in [0.29, 0.717) is 10.7 Å². The third-order valence-corrected chi connectivity index (χ3v) is 3.95. The molecule has 1 N–H and O–H groups in total. The van der Waals surface area contributed by atoms with Gasteiger partial charge in [0.15, 0.2) is 0 Å². The number of anilines is 1. The molecule has 0 unspecified atom stereocenters. The lowest BCUT2D eigenvalue weighted by molar-refractivity contribution is 0.102. The van der Waals surface area contributed by atoms with Gasteiger partial charge in [-0.1, -0.05) is 16.8 Å². The largest absolute Gasteiger partial charge is 0.360 e. The Bertz CT molecular complexity index is 970. The molecule has 1 aromatic heterocycles. The number of halogens is 3. The second-order valence-corrected chi connectivity index (χ2v) is 5.94. The van der Waals surface area contributed by atoms with Crippen LogP contribution in [-0.4, -0.2) is 11.1 Å². The molecule has 7 heteroatoms. The van der Waals surface area contributed by atoms with Crippen LogP contribution in [0.25, 0.3) is 11.3 Å². The second kappa shape index (κ2) is 6.64. The Hall–Kier alpha value is -2.73. The van der Waals surface area contributed by atoms with Crippen LogP contribution in [0.15, 0.2) is 40.9 Å². The maximum Gasteiger partial charge on any atom is 0.261 e. The van der Waals surface area contributed by atoms with Crippen LogP contribution >= 0.6 is 11.6 Å². The number of amides is 1. The van der Waals surface area contributed by atoms with Gasteiger partial charge in [-0.25, -0.2) is 8.78 Å². The molecular formula is C18H13ClF2N2O2. The van der Waals surface area contributed by atoms with E-state index in [1.54, 1.807) is 32.0 Å². The van der Waals surface area contributed by atoms with Crippen LogP contribution in [0.4, 0.5) is 14.5 Å². The van der Waals surface area contributed by atoms with E-state index in [9.17, 15) is 13.6 Å². The third kappa shape index (κ3) is 3.39. The number of aryl methyl sites for hydroxylation is 2. The standard InChI is InChI=1S/C18H13ClF2N2O2/c1-9-7-11(19)3-6-15(9)22-18(24)16-10(2)25-23-17(16)13-5-4-12(20)8-14(13)21/h3-8H,1-2H3,(H,22,24). The average Bonchev–Trinajstić information content (AvgIpc) is 2.91. The summed E-state index contributed by atoms with van der Waals surface area (Å²) in [4.78, 5) is 12.7. The van der Waals surface area contributed by atoms with Gasteiger partial charge in [0.2, 0.25) is 0 Å². The van der Waals surface area contributed by atoms with Crippen molar-refractivity contribution >= 4 is 23.2 Å². The topological polar surface area (TPSA) is 55.1 Å². The molecule has 0 aliphatic heterocycles. The van der Waals surface area contributed by atoms with Crippen molar-refractivity contribution in [2.75, 3.05) is 5.32 Å². The first-order valence-corrected chi connectivity index (χ1v) is 7.74. The molecule has 3 rings (SSSR count). The van der Waals surface area contributed by atoms with E-state index in [-0.39, 0.29) is 22.6 Å². The van der Waals surface area contributed by atoms with Gasteiger partial charge in [-0.15, -0.1) is 0 Å². The number of carbonyl (C=O) groups is 1. The molecule has 0 atom stereocenters. The zero-order valence-corrected chi connectivity index (χ0v) is 14.1. The van der Waals surface area contributed by atoms with Gasteiger partial charge >= 0.3 is 0 Å². The average molecular weight is 363 g/mol. The van der Waals surface area contributed by atoms with Crippen molar-refractivity contribution in [2.24, 2.45) is 0 Å². The quantitative estimate of drug-likeness (QED) is 0.701. The van der Waals surface area contributed by atoms with E-state index in [4.69, 9.17) is 16.1 Å². The molecule has 3 aromatic rings. The summed E-state index contributed by atoms with van der Waals surface area (Å²) < 4.78 is 32.2. The smallest absolute Gasteiger partial charge is 0.261 e. The molecule has 128 valence electrons. The van der Waals surface area contributed by atoms with Crippen LogP contribution in [-0.2, 0) is 0 Å².